The number of rotatable bonds is 6. The zero-order valence-electron chi connectivity index (χ0n) is 19.2. The lowest BCUT2D eigenvalue weighted by atomic mass is 9.93. The molecule has 35 heavy (non-hydrogen) atoms. The summed E-state index contributed by atoms with van der Waals surface area (Å²) in [6.45, 7) is 0.564. The van der Waals surface area contributed by atoms with Crippen molar-refractivity contribution in [1.29, 1.82) is 0 Å². The SMILES string of the molecule is O=C(Cn1cc(/C=C2/C(=O)NC(=O)N(C3CCCCC3)C2=O)c2ccccc21)NCc1cccs1. The monoisotopic (exact) mass is 490 g/mol. The highest BCUT2D eigenvalue weighted by Gasteiger charge is 2.40. The lowest BCUT2D eigenvalue weighted by molar-refractivity contribution is -0.132. The number of aromatic nitrogens is 1. The minimum atomic E-state index is -0.697. The molecule has 0 atom stereocenters. The van der Waals surface area contributed by atoms with Crippen LogP contribution in [0, 0.1) is 0 Å². The topological polar surface area (TPSA) is 101 Å². The number of hydrogen-bond donors (Lipinski definition) is 2. The van der Waals surface area contributed by atoms with Gasteiger partial charge < -0.3 is 9.88 Å². The Labute approximate surface area is 206 Å². The maximum absolute atomic E-state index is 13.3. The average Bonchev–Trinajstić information content (AvgIpc) is 3.49. The van der Waals surface area contributed by atoms with Crippen LogP contribution in [0.25, 0.3) is 17.0 Å². The summed E-state index contributed by atoms with van der Waals surface area (Å²) in [4.78, 5) is 53.3. The number of benzene rings is 1. The molecule has 8 nitrogen and oxygen atoms in total. The fraction of sp³-hybridized carbons (Fsp3) is 0.308. The molecule has 9 heteroatoms. The highest BCUT2D eigenvalue weighted by molar-refractivity contribution is 7.09. The van der Waals surface area contributed by atoms with Gasteiger partial charge in [-0.3, -0.25) is 24.6 Å². The van der Waals surface area contributed by atoms with Gasteiger partial charge in [0, 0.05) is 33.6 Å². The summed E-state index contributed by atoms with van der Waals surface area (Å²) in [7, 11) is 0. The molecule has 1 saturated heterocycles. The number of carbonyl (C=O) groups excluding carboxylic acids is 4. The molecular formula is C26H26N4O4S. The second-order valence-electron chi connectivity index (χ2n) is 8.87. The first-order chi connectivity index (χ1) is 17.0. The molecule has 0 unspecified atom stereocenters. The third kappa shape index (κ3) is 4.77. The molecule has 2 aromatic heterocycles. The molecule has 1 aliphatic heterocycles. The fourth-order valence-electron chi connectivity index (χ4n) is 4.83. The van der Waals surface area contributed by atoms with Crippen LogP contribution < -0.4 is 10.6 Å². The summed E-state index contributed by atoms with van der Waals surface area (Å²) in [6.07, 6.45) is 7.80. The van der Waals surface area contributed by atoms with Crippen molar-refractivity contribution in [2.45, 2.75) is 51.2 Å². The Hall–Kier alpha value is -3.72. The maximum Gasteiger partial charge on any atom is 0.331 e. The minimum absolute atomic E-state index is 0.0692. The lowest BCUT2D eigenvalue weighted by Gasteiger charge is -2.35. The lowest BCUT2D eigenvalue weighted by Crippen LogP contribution is -2.58. The van der Waals surface area contributed by atoms with Crippen molar-refractivity contribution < 1.29 is 19.2 Å². The summed E-state index contributed by atoms with van der Waals surface area (Å²) < 4.78 is 1.81. The second kappa shape index (κ2) is 9.87. The van der Waals surface area contributed by atoms with Gasteiger partial charge in [0.05, 0.1) is 6.54 Å². The first-order valence-electron chi connectivity index (χ1n) is 11.8. The third-order valence-electron chi connectivity index (χ3n) is 6.55. The highest BCUT2D eigenvalue weighted by atomic mass is 32.1. The van der Waals surface area contributed by atoms with E-state index in [1.165, 1.54) is 11.0 Å². The number of fused-ring (bicyclic) bond motifs is 1. The first kappa shape index (κ1) is 23.0. The zero-order chi connectivity index (χ0) is 24.4. The van der Waals surface area contributed by atoms with Gasteiger partial charge in [-0.1, -0.05) is 43.5 Å². The van der Waals surface area contributed by atoms with Crippen LogP contribution in [0.2, 0.25) is 0 Å². The number of para-hydroxylation sites is 1. The van der Waals surface area contributed by atoms with Crippen molar-refractivity contribution in [3.63, 3.8) is 0 Å². The molecule has 1 aromatic carbocycles. The van der Waals surface area contributed by atoms with Crippen molar-refractivity contribution in [2.24, 2.45) is 0 Å². The zero-order valence-corrected chi connectivity index (χ0v) is 20.0. The quantitative estimate of drug-likeness (QED) is 0.405. The molecule has 3 aromatic rings. The molecule has 2 aliphatic rings. The number of nitrogens with zero attached hydrogens (tertiary/aromatic N) is 2. The second-order valence-corrected chi connectivity index (χ2v) is 9.90. The number of urea groups is 1. The van der Waals surface area contributed by atoms with Crippen LogP contribution in [0.3, 0.4) is 0 Å². The van der Waals surface area contributed by atoms with E-state index in [0.717, 1.165) is 47.9 Å². The maximum atomic E-state index is 13.3. The molecule has 0 radical (unpaired) electrons. The van der Waals surface area contributed by atoms with E-state index in [1.54, 1.807) is 22.1 Å². The number of nitrogens with one attached hydrogen (secondary N) is 2. The summed E-state index contributed by atoms with van der Waals surface area (Å²) in [5.74, 6) is -1.40. The fourth-order valence-corrected chi connectivity index (χ4v) is 5.47. The molecule has 0 spiro atoms. The van der Waals surface area contributed by atoms with E-state index >= 15 is 0 Å². The van der Waals surface area contributed by atoms with Crippen molar-refractivity contribution in [1.82, 2.24) is 20.1 Å². The van der Waals surface area contributed by atoms with Crippen LogP contribution in [-0.4, -0.2) is 39.3 Å². The first-order valence-corrected chi connectivity index (χ1v) is 12.7. The van der Waals surface area contributed by atoms with Crippen molar-refractivity contribution in [3.8, 4) is 0 Å². The largest absolute Gasteiger partial charge is 0.350 e. The molecule has 0 bridgehead atoms. The number of carbonyl (C=O) groups is 4. The summed E-state index contributed by atoms with van der Waals surface area (Å²) in [5.41, 5.74) is 1.39. The molecule has 5 amide bonds. The molecule has 5 rings (SSSR count). The summed E-state index contributed by atoms with van der Waals surface area (Å²) in [6, 6.07) is 10.6. The Morgan fingerprint density at radius 2 is 1.89 bits per heavy atom. The van der Waals surface area contributed by atoms with Gasteiger partial charge >= 0.3 is 6.03 Å². The number of hydrogen-bond acceptors (Lipinski definition) is 5. The predicted molar refractivity (Wildman–Crippen MR) is 133 cm³/mol. The highest BCUT2D eigenvalue weighted by Crippen LogP contribution is 2.28. The van der Waals surface area contributed by atoms with Gasteiger partial charge in [-0.05, 0) is 36.4 Å². The van der Waals surface area contributed by atoms with Crippen LogP contribution in [0.1, 0.15) is 42.5 Å². The van der Waals surface area contributed by atoms with Crippen molar-refractivity contribution in [3.05, 3.63) is 64.0 Å². The summed E-state index contributed by atoms with van der Waals surface area (Å²) >= 11 is 1.58. The van der Waals surface area contributed by atoms with Gasteiger partial charge in [0.15, 0.2) is 0 Å². The van der Waals surface area contributed by atoms with Gasteiger partial charge in [0.25, 0.3) is 11.8 Å². The van der Waals surface area contributed by atoms with Crippen LogP contribution in [0.15, 0.2) is 53.5 Å². The molecule has 3 heterocycles. The van der Waals surface area contributed by atoms with E-state index in [2.05, 4.69) is 10.6 Å². The van der Waals surface area contributed by atoms with E-state index in [0.29, 0.717) is 12.1 Å². The van der Waals surface area contributed by atoms with Crippen molar-refractivity contribution >= 4 is 52.1 Å². The Balaban J connectivity index is 1.42. The minimum Gasteiger partial charge on any atom is -0.350 e. The van der Waals surface area contributed by atoms with Crippen LogP contribution in [0.5, 0.6) is 0 Å². The molecule has 2 fully saturated rings. The summed E-state index contributed by atoms with van der Waals surface area (Å²) in [5, 5.41) is 8.03. The van der Waals surface area contributed by atoms with Crippen LogP contribution in [0.4, 0.5) is 4.79 Å². The Bertz CT molecular complexity index is 1320. The predicted octanol–water partition coefficient (Wildman–Crippen LogP) is 3.81. The van der Waals surface area contributed by atoms with Crippen molar-refractivity contribution in [2.75, 3.05) is 0 Å². The Kier molecular flexibility index (Phi) is 6.50. The normalized spacial score (nSPS) is 18.3. The van der Waals surface area contributed by atoms with Crippen LogP contribution in [-0.2, 0) is 27.5 Å². The molecule has 1 saturated carbocycles. The van der Waals surface area contributed by atoms with Gasteiger partial charge in [-0.25, -0.2) is 4.79 Å². The van der Waals surface area contributed by atoms with E-state index < -0.39 is 17.8 Å². The number of barbiturate groups is 1. The van der Waals surface area contributed by atoms with Gasteiger partial charge in [-0.15, -0.1) is 11.3 Å². The standard InChI is InChI=1S/C26H26N4O4S/c31-23(27-14-19-9-6-12-35-19)16-29-15-17(20-10-4-5-11-22(20)29)13-21-24(32)28-26(34)30(25(21)33)18-7-2-1-3-8-18/h4-6,9-13,15,18H,1-3,7-8,14,16H2,(H,27,31)(H,28,32,34)/b21-13-. The van der Waals surface area contributed by atoms with E-state index in [9.17, 15) is 19.2 Å². The Morgan fingerprint density at radius 1 is 1.09 bits per heavy atom. The Morgan fingerprint density at radius 3 is 2.66 bits per heavy atom. The van der Waals surface area contributed by atoms with Gasteiger partial charge in [-0.2, -0.15) is 0 Å². The number of thiophene rings is 1. The van der Waals surface area contributed by atoms with E-state index in [1.807, 2.05) is 41.8 Å². The van der Waals surface area contributed by atoms with Crippen LogP contribution >= 0.6 is 11.3 Å². The number of amides is 5. The third-order valence-corrected chi connectivity index (χ3v) is 7.42. The van der Waals surface area contributed by atoms with Gasteiger partial charge in [0.2, 0.25) is 5.91 Å². The van der Waals surface area contributed by atoms with E-state index in [-0.39, 0.29) is 24.1 Å². The molecule has 180 valence electrons. The van der Waals surface area contributed by atoms with E-state index in [4.69, 9.17) is 0 Å². The molecule has 1 aliphatic carbocycles. The number of imide groups is 2. The molecular weight excluding hydrogens is 464 g/mol. The smallest absolute Gasteiger partial charge is 0.331 e. The molecule has 2 N–H and O–H groups in total. The average molecular weight is 491 g/mol. The van der Waals surface area contributed by atoms with Gasteiger partial charge in [0.1, 0.15) is 12.1 Å².